The smallest absolute Gasteiger partial charge is 0.0604 e. The van der Waals surface area contributed by atoms with E-state index in [0.717, 1.165) is 19.3 Å². The van der Waals surface area contributed by atoms with E-state index in [1.165, 1.54) is 6.42 Å². The molecule has 0 amide bonds. The molecule has 0 rings (SSSR count). The summed E-state index contributed by atoms with van der Waals surface area (Å²) in [5.41, 5.74) is 20.7. The van der Waals surface area contributed by atoms with Crippen molar-refractivity contribution in [3.63, 3.8) is 0 Å². The Morgan fingerprint density at radius 3 is 1.62 bits per heavy atom. The Bertz CT molecular complexity index is 96.3. The fourth-order valence-corrected chi connectivity index (χ4v) is 0.440. The van der Waals surface area contributed by atoms with Crippen LogP contribution in [0.25, 0.3) is 0 Å². The monoisotopic (exact) mass is 190 g/mol. The van der Waals surface area contributed by atoms with Crippen LogP contribution in [0.4, 0.5) is 0 Å². The van der Waals surface area contributed by atoms with Crippen molar-refractivity contribution < 1.29 is 0 Å². The zero-order valence-corrected chi connectivity index (χ0v) is 9.22. The quantitative estimate of drug-likeness (QED) is 0.483. The summed E-state index contributed by atoms with van der Waals surface area (Å²) in [6.45, 7) is 5.88. The van der Waals surface area contributed by atoms with Crippen molar-refractivity contribution in [3.05, 3.63) is 0 Å². The van der Waals surface area contributed by atoms with Crippen LogP contribution in [0.15, 0.2) is 0 Å². The molecule has 0 radical (unpaired) electrons. The molecule has 4 nitrogen and oxygen atoms in total. The largest absolute Gasteiger partial charge is 0.316 e. The molecule has 0 heterocycles. The van der Waals surface area contributed by atoms with Crippen molar-refractivity contribution in [2.24, 2.45) is 22.9 Å². The van der Waals surface area contributed by atoms with Crippen molar-refractivity contribution in [1.29, 1.82) is 0 Å². The number of unbranched alkanes of at least 4 members (excludes halogenated alkanes) is 1. The highest BCUT2D eigenvalue weighted by atomic mass is 14.9. The van der Waals surface area contributed by atoms with Gasteiger partial charge in [0.1, 0.15) is 0 Å². The molecule has 13 heavy (non-hydrogen) atoms. The van der Waals surface area contributed by atoms with Crippen LogP contribution >= 0.6 is 0 Å². The maximum absolute atomic E-state index is 5.31. The molecule has 0 bridgehead atoms. The molecular weight excluding hydrogens is 164 g/mol. The van der Waals surface area contributed by atoms with Crippen molar-refractivity contribution in [2.75, 3.05) is 0 Å². The molecule has 8 N–H and O–H groups in total. The molecule has 0 saturated heterocycles. The van der Waals surface area contributed by atoms with E-state index >= 15 is 0 Å². The van der Waals surface area contributed by atoms with Gasteiger partial charge in [-0.25, -0.2) is 0 Å². The van der Waals surface area contributed by atoms with E-state index in [2.05, 4.69) is 6.92 Å². The number of hydrogen-bond acceptors (Lipinski definition) is 4. The van der Waals surface area contributed by atoms with E-state index in [9.17, 15) is 0 Å². The molecule has 4 heteroatoms. The molecule has 0 aliphatic heterocycles. The molecule has 0 aromatic rings. The Labute approximate surface area is 82.0 Å². The second-order valence-corrected chi connectivity index (χ2v) is 3.67. The lowest BCUT2D eigenvalue weighted by molar-refractivity contribution is 0.473. The number of rotatable bonds is 4. The fourth-order valence-electron chi connectivity index (χ4n) is 0.440. The Hall–Kier alpha value is -0.160. The van der Waals surface area contributed by atoms with Crippen LogP contribution in [0.1, 0.15) is 46.5 Å². The van der Waals surface area contributed by atoms with Crippen molar-refractivity contribution in [3.8, 4) is 0 Å². The van der Waals surface area contributed by atoms with Gasteiger partial charge in [-0.3, -0.25) is 0 Å². The third kappa shape index (κ3) is 24.5. The first-order valence-corrected chi connectivity index (χ1v) is 4.92. The van der Waals surface area contributed by atoms with Gasteiger partial charge in [0.25, 0.3) is 0 Å². The first-order chi connectivity index (χ1) is 5.83. The molecule has 0 aliphatic rings. The summed E-state index contributed by atoms with van der Waals surface area (Å²) in [5, 5.41) is 0. The lowest BCUT2D eigenvalue weighted by Gasteiger charge is -2.13. The maximum atomic E-state index is 5.31. The molecule has 0 unspecified atom stereocenters. The minimum atomic E-state index is -0.458. The molecule has 0 aromatic carbocycles. The Morgan fingerprint density at radius 1 is 1.15 bits per heavy atom. The number of hydrogen-bond donors (Lipinski definition) is 4. The van der Waals surface area contributed by atoms with Gasteiger partial charge < -0.3 is 22.9 Å². The highest BCUT2D eigenvalue weighted by Gasteiger charge is 2.03. The van der Waals surface area contributed by atoms with Gasteiger partial charge in [-0.2, -0.15) is 0 Å². The van der Waals surface area contributed by atoms with Gasteiger partial charge in [-0.1, -0.05) is 26.7 Å². The minimum absolute atomic E-state index is 0.0973. The van der Waals surface area contributed by atoms with E-state index in [-0.39, 0.29) is 6.17 Å². The minimum Gasteiger partial charge on any atom is -0.316 e. The van der Waals surface area contributed by atoms with Crippen LogP contribution in [0.2, 0.25) is 0 Å². The summed E-state index contributed by atoms with van der Waals surface area (Å²) in [5.74, 6) is 0. The van der Waals surface area contributed by atoms with E-state index < -0.39 is 5.66 Å². The standard InChI is InChI=1S/C5H14N2.C4H12N2/c1-2-3-4-5(6)7;1-3-4(2,5)6/h5H,2-4,6-7H2,1H3;3,5-6H2,1-2H3. The van der Waals surface area contributed by atoms with Gasteiger partial charge in [0.05, 0.1) is 11.8 Å². The Kier molecular flexibility index (Phi) is 9.94. The van der Waals surface area contributed by atoms with Crippen molar-refractivity contribution in [1.82, 2.24) is 0 Å². The molecule has 0 aromatic heterocycles. The molecule has 0 atom stereocenters. The zero-order valence-electron chi connectivity index (χ0n) is 9.22. The molecule has 82 valence electrons. The molecule has 0 aliphatic carbocycles. The van der Waals surface area contributed by atoms with Gasteiger partial charge in [0.15, 0.2) is 0 Å². The second-order valence-electron chi connectivity index (χ2n) is 3.67. The van der Waals surface area contributed by atoms with E-state index in [1.807, 2.05) is 6.92 Å². The Balaban J connectivity index is 0. The maximum Gasteiger partial charge on any atom is 0.0604 e. The van der Waals surface area contributed by atoms with Crippen molar-refractivity contribution >= 4 is 0 Å². The van der Waals surface area contributed by atoms with Crippen LogP contribution in [0.3, 0.4) is 0 Å². The highest BCUT2D eigenvalue weighted by Crippen LogP contribution is 1.92. The normalized spacial score (nSPS) is 11.1. The summed E-state index contributed by atoms with van der Waals surface area (Å²) in [7, 11) is 0. The second kappa shape index (κ2) is 8.44. The Morgan fingerprint density at radius 2 is 1.54 bits per heavy atom. The SMILES string of the molecule is CCC(C)(N)N.CCCCC(N)N. The zero-order chi connectivity index (χ0) is 10.9. The third-order valence-corrected chi connectivity index (χ3v) is 1.65. The molecule has 0 fully saturated rings. The summed E-state index contributed by atoms with van der Waals surface area (Å²) in [6.07, 6.45) is 4.02. The van der Waals surface area contributed by atoms with E-state index in [4.69, 9.17) is 22.9 Å². The molecular formula is C9H26N4. The van der Waals surface area contributed by atoms with Crippen LogP contribution < -0.4 is 22.9 Å². The third-order valence-electron chi connectivity index (χ3n) is 1.65. The first-order valence-electron chi connectivity index (χ1n) is 4.92. The lowest BCUT2D eigenvalue weighted by atomic mass is 10.2. The van der Waals surface area contributed by atoms with Gasteiger partial charge in [-0.05, 0) is 19.8 Å². The predicted octanol–water partition coefficient (Wildman–Crippen LogP) is 0.450. The van der Waals surface area contributed by atoms with Gasteiger partial charge in [0, 0.05) is 0 Å². The van der Waals surface area contributed by atoms with E-state index in [0.29, 0.717) is 0 Å². The van der Waals surface area contributed by atoms with Crippen molar-refractivity contribution in [2.45, 2.75) is 58.3 Å². The average Bonchev–Trinajstić information content (AvgIpc) is 2.01. The predicted molar refractivity (Wildman–Crippen MR) is 58.8 cm³/mol. The molecule has 0 saturated carbocycles. The summed E-state index contributed by atoms with van der Waals surface area (Å²) in [6, 6.07) is 0. The first kappa shape index (κ1) is 15.3. The van der Waals surface area contributed by atoms with Crippen LogP contribution in [0.5, 0.6) is 0 Å². The van der Waals surface area contributed by atoms with Gasteiger partial charge >= 0.3 is 0 Å². The fraction of sp³-hybridized carbons (Fsp3) is 1.00. The van der Waals surface area contributed by atoms with E-state index in [1.54, 1.807) is 6.92 Å². The summed E-state index contributed by atoms with van der Waals surface area (Å²) >= 11 is 0. The lowest BCUT2D eigenvalue weighted by Crippen LogP contribution is -2.44. The average molecular weight is 190 g/mol. The highest BCUT2D eigenvalue weighted by molar-refractivity contribution is 4.64. The summed E-state index contributed by atoms with van der Waals surface area (Å²) < 4.78 is 0. The van der Waals surface area contributed by atoms with Crippen LogP contribution in [0, 0.1) is 0 Å². The van der Waals surface area contributed by atoms with Crippen LogP contribution in [-0.4, -0.2) is 11.8 Å². The molecule has 0 spiro atoms. The summed E-state index contributed by atoms with van der Waals surface area (Å²) in [4.78, 5) is 0. The van der Waals surface area contributed by atoms with Gasteiger partial charge in [0.2, 0.25) is 0 Å². The number of nitrogens with two attached hydrogens (primary N) is 4. The van der Waals surface area contributed by atoms with Crippen LogP contribution in [-0.2, 0) is 0 Å². The van der Waals surface area contributed by atoms with Gasteiger partial charge in [-0.15, -0.1) is 0 Å². The topological polar surface area (TPSA) is 104 Å².